The van der Waals surface area contributed by atoms with Gasteiger partial charge in [-0.15, -0.1) is 0 Å². The highest BCUT2D eigenvalue weighted by Gasteiger charge is 2.18. The first-order valence-corrected chi connectivity index (χ1v) is 6.95. The third-order valence-corrected chi connectivity index (χ3v) is 3.56. The lowest BCUT2D eigenvalue weighted by Gasteiger charge is -2.23. The second-order valence-electron chi connectivity index (χ2n) is 5.11. The molecule has 1 aliphatic rings. The summed E-state index contributed by atoms with van der Waals surface area (Å²) in [5.74, 6) is -0.288. The first-order chi connectivity index (χ1) is 10.6. The molecule has 0 saturated heterocycles. The first-order valence-electron chi connectivity index (χ1n) is 6.95. The second-order valence-corrected chi connectivity index (χ2v) is 5.11. The van der Waals surface area contributed by atoms with E-state index < -0.39 is 0 Å². The Hall–Kier alpha value is -2.69. The SMILES string of the molecule is Cc1ncc(-c2cccc(F)c2)cc1CN1CC=COC1=O. The molecular formula is C17H15FN2O2. The molecule has 22 heavy (non-hydrogen) atoms. The highest BCUT2D eigenvalue weighted by molar-refractivity contribution is 5.70. The normalized spacial score (nSPS) is 14.1. The lowest BCUT2D eigenvalue weighted by atomic mass is 10.0. The van der Waals surface area contributed by atoms with E-state index in [1.165, 1.54) is 18.4 Å². The average Bonchev–Trinajstić information content (AvgIpc) is 2.51. The number of carbonyl (C=O) groups is 1. The van der Waals surface area contributed by atoms with E-state index in [4.69, 9.17) is 4.74 Å². The number of amides is 1. The van der Waals surface area contributed by atoms with Gasteiger partial charge in [-0.1, -0.05) is 12.1 Å². The highest BCUT2D eigenvalue weighted by Crippen LogP contribution is 2.23. The molecule has 112 valence electrons. The number of aromatic nitrogens is 1. The lowest BCUT2D eigenvalue weighted by Crippen LogP contribution is -2.33. The number of carbonyl (C=O) groups excluding carboxylic acids is 1. The Bertz CT molecular complexity index is 743. The van der Waals surface area contributed by atoms with Crippen molar-refractivity contribution in [3.8, 4) is 11.1 Å². The predicted molar refractivity (Wildman–Crippen MR) is 80.4 cm³/mol. The van der Waals surface area contributed by atoms with Crippen LogP contribution in [0.2, 0.25) is 0 Å². The molecule has 0 unspecified atom stereocenters. The molecule has 3 rings (SSSR count). The summed E-state index contributed by atoms with van der Waals surface area (Å²) in [6, 6.07) is 8.30. The maximum atomic E-state index is 13.4. The van der Waals surface area contributed by atoms with Crippen LogP contribution in [0.3, 0.4) is 0 Å². The summed E-state index contributed by atoms with van der Waals surface area (Å²) >= 11 is 0. The van der Waals surface area contributed by atoms with Crippen LogP contribution in [0.5, 0.6) is 0 Å². The summed E-state index contributed by atoms with van der Waals surface area (Å²) in [7, 11) is 0. The summed E-state index contributed by atoms with van der Waals surface area (Å²) in [6.07, 6.45) is 4.51. The number of pyridine rings is 1. The third kappa shape index (κ3) is 2.98. The van der Waals surface area contributed by atoms with Crippen molar-refractivity contribution < 1.29 is 13.9 Å². The summed E-state index contributed by atoms with van der Waals surface area (Å²) in [4.78, 5) is 17.6. The van der Waals surface area contributed by atoms with Gasteiger partial charge in [0.1, 0.15) is 5.82 Å². The van der Waals surface area contributed by atoms with Crippen molar-refractivity contribution in [2.24, 2.45) is 0 Å². The number of rotatable bonds is 3. The largest absolute Gasteiger partial charge is 0.418 e. The fourth-order valence-corrected chi connectivity index (χ4v) is 2.33. The molecule has 2 aromatic rings. The molecule has 4 nitrogen and oxygen atoms in total. The number of cyclic esters (lactones) is 1. The maximum Gasteiger partial charge on any atom is 0.415 e. The average molecular weight is 298 g/mol. The van der Waals surface area contributed by atoms with Crippen LogP contribution in [-0.2, 0) is 11.3 Å². The van der Waals surface area contributed by atoms with Crippen molar-refractivity contribution in [1.82, 2.24) is 9.88 Å². The number of ether oxygens (including phenoxy) is 1. The van der Waals surface area contributed by atoms with Gasteiger partial charge in [-0.3, -0.25) is 9.88 Å². The molecule has 1 aliphatic heterocycles. The van der Waals surface area contributed by atoms with Gasteiger partial charge >= 0.3 is 6.09 Å². The zero-order valence-corrected chi connectivity index (χ0v) is 12.1. The molecular weight excluding hydrogens is 283 g/mol. The number of nitrogens with zero attached hydrogens (tertiary/aromatic N) is 2. The van der Waals surface area contributed by atoms with E-state index in [0.29, 0.717) is 13.1 Å². The van der Waals surface area contributed by atoms with Crippen LogP contribution in [-0.4, -0.2) is 22.5 Å². The Labute approximate surface area is 127 Å². The summed E-state index contributed by atoms with van der Waals surface area (Å²) in [5.41, 5.74) is 3.33. The monoisotopic (exact) mass is 298 g/mol. The van der Waals surface area contributed by atoms with E-state index in [-0.39, 0.29) is 11.9 Å². The van der Waals surface area contributed by atoms with Crippen LogP contribution < -0.4 is 0 Å². The Morgan fingerprint density at radius 3 is 2.95 bits per heavy atom. The van der Waals surface area contributed by atoms with Gasteiger partial charge in [0, 0.05) is 24.0 Å². The predicted octanol–water partition coefficient (Wildman–Crippen LogP) is 3.66. The number of hydrogen-bond acceptors (Lipinski definition) is 3. The zero-order chi connectivity index (χ0) is 15.5. The molecule has 1 amide bonds. The Morgan fingerprint density at radius 2 is 2.18 bits per heavy atom. The number of benzene rings is 1. The summed E-state index contributed by atoms with van der Waals surface area (Å²) in [5, 5.41) is 0. The van der Waals surface area contributed by atoms with Crippen molar-refractivity contribution in [2.75, 3.05) is 6.54 Å². The fraction of sp³-hybridized carbons (Fsp3) is 0.176. The fourth-order valence-electron chi connectivity index (χ4n) is 2.33. The minimum absolute atomic E-state index is 0.288. The van der Waals surface area contributed by atoms with Gasteiger partial charge < -0.3 is 4.74 Å². The minimum Gasteiger partial charge on any atom is -0.418 e. The van der Waals surface area contributed by atoms with Crippen LogP contribution in [0, 0.1) is 12.7 Å². The van der Waals surface area contributed by atoms with E-state index in [2.05, 4.69) is 4.98 Å². The molecule has 0 fully saturated rings. The van der Waals surface area contributed by atoms with Crippen molar-refractivity contribution in [2.45, 2.75) is 13.5 Å². The Kier molecular flexibility index (Phi) is 3.87. The van der Waals surface area contributed by atoms with Gasteiger partial charge in [0.25, 0.3) is 0 Å². The van der Waals surface area contributed by atoms with Crippen molar-refractivity contribution in [1.29, 1.82) is 0 Å². The Morgan fingerprint density at radius 1 is 1.32 bits per heavy atom. The molecule has 0 aliphatic carbocycles. The van der Waals surface area contributed by atoms with E-state index >= 15 is 0 Å². The third-order valence-electron chi connectivity index (χ3n) is 3.56. The molecule has 1 aromatic carbocycles. The molecule has 0 atom stereocenters. The topological polar surface area (TPSA) is 42.4 Å². The maximum absolute atomic E-state index is 13.4. The van der Waals surface area contributed by atoms with E-state index in [9.17, 15) is 9.18 Å². The number of aryl methyl sites for hydroxylation is 1. The number of halogens is 1. The molecule has 2 heterocycles. The molecule has 0 saturated carbocycles. The Balaban J connectivity index is 1.90. The number of hydrogen-bond donors (Lipinski definition) is 0. The van der Waals surface area contributed by atoms with Gasteiger partial charge in [-0.25, -0.2) is 9.18 Å². The molecule has 0 N–H and O–H groups in total. The van der Waals surface area contributed by atoms with E-state index in [0.717, 1.165) is 22.4 Å². The van der Waals surface area contributed by atoms with Gasteiger partial charge in [0.2, 0.25) is 0 Å². The molecule has 0 radical (unpaired) electrons. The van der Waals surface area contributed by atoms with Gasteiger partial charge in [-0.2, -0.15) is 0 Å². The molecule has 0 bridgehead atoms. The molecule has 5 heteroatoms. The second kappa shape index (κ2) is 5.97. The smallest absolute Gasteiger partial charge is 0.415 e. The van der Waals surface area contributed by atoms with Crippen molar-refractivity contribution in [3.05, 3.63) is 65.9 Å². The van der Waals surface area contributed by atoms with Gasteiger partial charge in [0.15, 0.2) is 0 Å². The van der Waals surface area contributed by atoms with Gasteiger partial charge in [0.05, 0.1) is 12.8 Å². The van der Waals surface area contributed by atoms with E-state index in [1.54, 1.807) is 23.2 Å². The minimum atomic E-state index is -0.377. The van der Waals surface area contributed by atoms with Crippen LogP contribution in [0.15, 0.2) is 48.9 Å². The standard InChI is InChI=1S/C17H15FN2O2/c1-12-15(11-20-6-3-7-22-17(20)21)8-14(10-19-12)13-4-2-5-16(18)9-13/h2-5,7-10H,6,11H2,1H3. The van der Waals surface area contributed by atoms with Crippen LogP contribution in [0.25, 0.3) is 11.1 Å². The van der Waals surface area contributed by atoms with Crippen LogP contribution in [0.1, 0.15) is 11.3 Å². The first kappa shape index (κ1) is 14.3. The van der Waals surface area contributed by atoms with Crippen LogP contribution in [0.4, 0.5) is 9.18 Å². The highest BCUT2D eigenvalue weighted by atomic mass is 19.1. The van der Waals surface area contributed by atoms with Crippen molar-refractivity contribution >= 4 is 6.09 Å². The van der Waals surface area contributed by atoms with E-state index in [1.807, 2.05) is 19.1 Å². The molecule has 1 aromatic heterocycles. The van der Waals surface area contributed by atoms with Gasteiger partial charge in [-0.05, 0) is 42.3 Å². The van der Waals surface area contributed by atoms with Crippen molar-refractivity contribution in [3.63, 3.8) is 0 Å². The quantitative estimate of drug-likeness (QED) is 0.868. The summed E-state index contributed by atoms with van der Waals surface area (Å²) in [6.45, 7) is 2.80. The zero-order valence-electron chi connectivity index (χ0n) is 12.1. The molecule has 0 spiro atoms. The lowest BCUT2D eigenvalue weighted by molar-refractivity contribution is 0.131. The summed E-state index contributed by atoms with van der Waals surface area (Å²) < 4.78 is 18.2. The van der Waals surface area contributed by atoms with Crippen LogP contribution >= 0.6 is 0 Å².